The molecule has 0 bridgehead atoms. The van der Waals surface area contributed by atoms with Crippen LogP contribution in [0.15, 0.2) is 47.0 Å². The van der Waals surface area contributed by atoms with E-state index in [0.29, 0.717) is 5.16 Å². The van der Waals surface area contributed by atoms with Gasteiger partial charge in [-0.1, -0.05) is 23.9 Å². The standard InChI is InChI=1S/C15H12F3N5OS/c1-3-7-22-13(24)9-8-19-14(25-2)21-12(9)23(22)11-6-4-5-10(20-11)15(16,17)18/h3-6,8H,1,7H2,2H3. The summed E-state index contributed by atoms with van der Waals surface area (Å²) in [6.07, 6.45) is -0.0116. The average molecular weight is 367 g/mol. The molecule has 0 aromatic carbocycles. The first-order valence-corrected chi connectivity index (χ1v) is 8.27. The van der Waals surface area contributed by atoms with E-state index in [0.717, 1.165) is 6.07 Å². The van der Waals surface area contributed by atoms with Crippen molar-refractivity contribution in [2.24, 2.45) is 0 Å². The predicted octanol–water partition coefficient (Wildman–Crippen LogP) is 2.90. The van der Waals surface area contributed by atoms with Crippen molar-refractivity contribution in [1.29, 1.82) is 0 Å². The van der Waals surface area contributed by atoms with Crippen molar-refractivity contribution < 1.29 is 13.2 Å². The minimum atomic E-state index is -4.60. The number of aromatic nitrogens is 5. The average Bonchev–Trinajstić information content (AvgIpc) is 2.86. The zero-order valence-corrected chi connectivity index (χ0v) is 13.8. The number of fused-ring (bicyclic) bond motifs is 1. The Balaban J connectivity index is 2.36. The van der Waals surface area contributed by atoms with Crippen molar-refractivity contribution in [3.8, 4) is 5.82 Å². The molecule has 0 spiro atoms. The number of halogens is 3. The van der Waals surface area contributed by atoms with Gasteiger partial charge in [-0.25, -0.2) is 24.3 Å². The number of allylic oxidation sites excluding steroid dienone is 1. The van der Waals surface area contributed by atoms with Crippen molar-refractivity contribution in [1.82, 2.24) is 24.3 Å². The Labute approximate surface area is 144 Å². The maximum Gasteiger partial charge on any atom is 0.433 e. The zero-order valence-electron chi connectivity index (χ0n) is 13.0. The van der Waals surface area contributed by atoms with E-state index >= 15 is 0 Å². The van der Waals surface area contributed by atoms with Gasteiger partial charge in [-0.2, -0.15) is 13.2 Å². The van der Waals surface area contributed by atoms with Gasteiger partial charge in [0, 0.05) is 6.20 Å². The van der Waals surface area contributed by atoms with Gasteiger partial charge in [0.25, 0.3) is 5.56 Å². The molecule has 3 rings (SSSR count). The third-order valence-electron chi connectivity index (χ3n) is 3.38. The molecule has 0 saturated carbocycles. The van der Waals surface area contributed by atoms with Crippen molar-refractivity contribution in [2.45, 2.75) is 17.9 Å². The number of hydrogen-bond donors (Lipinski definition) is 0. The maximum atomic E-state index is 13.0. The molecule has 25 heavy (non-hydrogen) atoms. The van der Waals surface area contributed by atoms with Gasteiger partial charge >= 0.3 is 6.18 Å². The summed E-state index contributed by atoms with van der Waals surface area (Å²) in [6.45, 7) is 3.66. The summed E-state index contributed by atoms with van der Waals surface area (Å²) in [7, 11) is 0. The van der Waals surface area contributed by atoms with Crippen LogP contribution in [0.4, 0.5) is 13.2 Å². The number of alkyl halides is 3. The molecule has 0 atom stereocenters. The topological polar surface area (TPSA) is 65.6 Å². The van der Waals surface area contributed by atoms with E-state index in [-0.39, 0.29) is 23.4 Å². The van der Waals surface area contributed by atoms with Crippen LogP contribution in [0.1, 0.15) is 5.69 Å². The molecule has 6 nitrogen and oxygen atoms in total. The molecule has 0 aliphatic rings. The summed E-state index contributed by atoms with van der Waals surface area (Å²) in [5.74, 6) is -0.0606. The summed E-state index contributed by atoms with van der Waals surface area (Å²) in [4.78, 5) is 24.5. The normalized spacial score (nSPS) is 11.8. The Morgan fingerprint density at radius 3 is 2.72 bits per heavy atom. The van der Waals surface area contributed by atoms with E-state index in [1.54, 1.807) is 6.26 Å². The lowest BCUT2D eigenvalue weighted by Crippen LogP contribution is -2.22. The number of nitrogens with zero attached hydrogens (tertiary/aromatic N) is 5. The first-order valence-electron chi connectivity index (χ1n) is 7.05. The number of hydrogen-bond acceptors (Lipinski definition) is 5. The number of thioether (sulfide) groups is 1. The molecule has 0 N–H and O–H groups in total. The van der Waals surface area contributed by atoms with Gasteiger partial charge in [-0.3, -0.25) is 4.79 Å². The van der Waals surface area contributed by atoms with Crippen molar-refractivity contribution in [2.75, 3.05) is 6.26 Å². The van der Waals surface area contributed by atoms with E-state index in [4.69, 9.17) is 0 Å². The van der Waals surface area contributed by atoms with Crippen molar-refractivity contribution >= 4 is 22.8 Å². The molecule has 130 valence electrons. The monoisotopic (exact) mass is 367 g/mol. The van der Waals surface area contributed by atoms with Crippen LogP contribution < -0.4 is 5.56 Å². The third-order valence-corrected chi connectivity index (χ3v) is 3.94. The van der Waals surface area contributed by atoms with E-state index in [1.165, 1.54) is 45.5 Å². The molecule has 0 aliphatic carbocycles. The van der Waals surface area contributed by atoms with Gasteiger partial charge in [0.05, 0.1) is 6.54 Å². The predicted molar refractivity (Wildman–Crippen MR) is 87.9 cm³/mol. The first kappa shape index (κ1) is 17.2. The lowest BCUT2D eigenvalue weighted by Gasteiger charge is -2.12. The van der Waals surface area contributed by atoms with Gasteiger partial charge in [-0.15, -0.1) is 6.58 Å². The molecule has 3 aromatic heterocycles. The van der Waals surface area contributed by atoms with Crippen LogP contribution in [0.25, 0.3) is 16.9 Å². The summed E-state index contributed by atoms with van der Waals surface area (Å²) in [5.41, 5.74) is -1.29. The minimum Gasteiger partial charge on any atom is -0.267 e. The highest BCUT2D eigenvalue weighted by molar-refractivity contribution is 7.98. The molecular formula is C15H12F3N5OS. The van der Waals surface area contributed by atoms with Crippen LogP contribution in [-0.2, 0) is 12.7 Å². The highest BCUT2D eigenvalue weighted by Gasteiger charge is 2.33. The Bertz CT molecular complexity index is 1010. The SMILES string of the molecule is C=CCn1c(=O)c2cnc(SC)nc2n1-c1cccc(C(F)(F)F)n1. The second kappa shape index (κ2) is 6.36. The van der Waals surface area contributed by atoms with Crippen LogP contribution in [0.2, 0.25) is 0 Å². The van der Waals surface area contributed by atoms with Crippen LogP contribution >= 0.6 is 11.8 Å². The fraction of sp³-hybridized carbons (Fsp3) is 0.200. The highest BCUT2D eigenvalue weighted by Crippen LogP contribution is 2.28. The molecular weight excluding hydrogens is 355 g/mol. The molecule has 3 aromatic rings. The smallest absolute Gasteiger partial charge is 0.267 e. The third kappa shape index (κ3) is 3.04. The summed E-state index contributed by atoms with van der Waals surface area (Å²) < 4.78 is 41.4. The first-order chi connectivity index (χ1) is 11.9. The minimum absolute atomic E-state index is 0.0606. The quantitative estimate of drug-likeness (QED) is 0.403. The van der Waals surface area contributed by atoms with Crippen molar-refractivity contribution in [3.05, 3.63) is 53.1 Å². The molecule has 0 radical (unpaired) electrons. The summed E-state index contributed by atoms with van der Waals surface area (Å²) in [5, 5.41) is 0.586. The van der Waals surface area contributed by atoms with Gasteiger partial charge < -0.3 is 0 Å². The fourth-order valence-corrected chi connectivity index (χ4v) is 2.67. The second-order valence-corrected chi connectivity index (χ2v) is 5.73. The largest absolute Gasteiger partial charge is 0.433 e. The molecule has 10 heteroatoms. The Kier molecular flexibility index (Phi) is 4.38. The van der Waals surface area contributed by atoms with Crippen LogP contribution in [0.3, 0.4) is 0 Å². The Morgan fingerprint density at radius 1 is 1.32 bits per heavy atom. The molecule has 0 amide bonds. The zero-order chi connectivity index (χ0) is 18.2. The summed E-state index contributed by atoms with van der Waals surface area (Å²) >= 11 is 1.26. The lowest BCUT2D eigenvalue weighted by atomic mass is 10.3. The van der Waals surface area contributed by atoms with Crippen LogP contribution in [0, 0.1) is 0 Å². The van der Waals surface area contributed by atoms with Gasteiger partial charge in [-0.05, 0) is 18.4 Å². The van der Waals surface area contributed by atoms with Gasteiger partial charge in [0.15, 0.2) is 16.6 Å². The van der Waals surface area contributed by atoms with E-state index in [1.807, 2.05) is 0 Å². The molecule has 0 fully saturated rings. The Morgan fingerprint density at radius 2 is 2.08 bits per heavy atom. The fourth-order valence-electron chi connectivity index (χ4n) is 2.33. The van der Waals surface area contributed by atoms with E-state index in [9.17, 15) is 18.0 Å². The van der Waals surface area contributed by atoms with E-state index in [2.05, 4.69) is 21.5 Å². The van der Waals surface area contributed by atoms with Gasteiger partial charge in [0.1, 0.15) is 11.1 Å². The Hall–Kier alpha value is -2.62. The molecule has 3 heterocycles. The van der Waals surface area contributed by atoms with Crippen molar-refractivity contribution in [3.63, 3.8) is 0 Å². The maximum absolute atomic E-state index is 13.0. The lowest BCUT2D eigenvalue weighted by molar-refractivity contribution is -0.141. The molecule has 0 aliphatic heterocycles. The molecule has 0 saturated heterocycles. The second-order valence-electron chi connectivity index (χ2n) is 4.96. The summed E-state index contributed by atoms with van der Waals surface area (Å²) in [6, 6.07) is 3.48. The van der Waals surface area contributed by atoms with Gasteiger partial charge in [0.2, 0.25) is 0 Å². The number of rotatable bonds is 4. The molecule has 0 unspecified atom stereocenters. The van der Waals surface area contributed by atoms with Crippen LogP contribution in [0.5, 0.6) is 0 Å². The van der Waals surface area contributed by atoms with E-state index < -0.39 is 17.4 Å². The highest BCUT2D eigenvalue weighted by atomic mass is 32.2. The number of pyridine rings is 1. The van der Waals surface area contributed by atoms with Crippen LogP contribution in [-0.4, -0.2) is 30.6 Å².